The number of hydrogen-bond acceptors (Lipinski definition) is 3. The summed E-state index contributed by atoms with van der Waals surface area (Å²) in [6.45, 7) is 11.5. The molecule has 2 atom stereocenters. The van der Waals surface area contributed by atoms with Gasteiger partial charge in [-0.15, -0.1) is 24.0 Å². The van der Waals surface area contributed by atoms with Crippen LogP contribution in [0.4, 0.5) is 0 Å². The molecule has 1 aromatic rings. The lowest BCUT2D eigenvalue weighted by Crippen LogP contribution is -2.48. The predicted octanol–water partition coefficient (Wildman–Crippen LogP) is 2.63. The summed E-state index contributed by atoms with van der Waals surface area (Å²) in [6, 6.07) is 10.9. The van der Waals surface area contributed by atoms with E-state index in [1.165, 1.54) is 51.1 Å². The zero-order valence-corrected chi connectivity index (χ0v) is 20.1. The first kappa shape index (κ1) is 23.4. The summed E-state index contributed by atoms with van der Waals surface area (Å²) in [5, 5.41) is 3.63. The molecule has 0 aromatic heterocycles. The number of likely N-dealkylation sites (tertiary alicyclic amines) is 1. The van der Waals surface area contributed by atoms with E-state index in [-0.39, 0.29) is 24.0 Å². The minimum atomic E-state index is 0. The molecular formula is C22H38IN5. The highest BCUT2D eigenvalue weighted by molar-refractivity contribution is 14.0. The molecule has 2 fully saturated rings. The Kier molecular flexibility index (Phi) is 10.0. The van der Waals surface area contributed by atoms with Gasteiger partial charge in [0.05, 0.1) is 0 Å². The van der Waals surface area contributed by atoms with Crippen molar-refractivity contribution in [2.24, 2.45) is 16.8 Å². The van der Waals surface area contributed by atoms with Gasteiger partial charge in [0.2, 0.25) is 0 Å². The fraction of sp³-hybridized carbons (Fsp3) is 0.682. The summed E-state index contributed by atoms with van der Waals surface area (Å²) in [5.74, 6) is 2.44. The minimum absolute atomic E-state index is 0. The van der Waals surface area contributed by atoms with Crippen LogP contribution >= 0.6 is 24.0 Å². The molecule has 158 valence electrons. The standard InChI is InChI=1S/C22H37N5.HI/c1-19(17-26-13-11-25(3)12-14-26)16-24-22(23-2)27-10-9-21(18-27)15-20-7-5-4-6-8-20;/h4-8,19,21H,9-18H2,1-3H3,(H,23,24);1H. The summed E-state index contributed by atoms with van der Waals surface area (Å²) in [7, 11) is 4.13. The first-order valence-corrected chi connectivity index (χ1v) is 10.5. The maximum atomic E-state index is 4.55. The molecule has 2 unspecified atom stereocenters. The molecule has 2 aliphatic rings. The van der Waals surface area contributed by atoms with Crippen LogP contribution in [0.3, 0.4) is 0 Å². The van der Waals surface area contributed by atoms with Crippen molar-refractivity contribution in [2.45, 2.75) is 19.8 Å². The topological polar surface area (TPSA) is 34.1 Å². The van der Waals surface area contributed by atoms with Gasteiger partial charge in [-0.3, -0.25) is 4.99 Å². The smallest absolute Gasteiger partial charge is 0.193 e. The molecular weight excluding hydrogens is 461 g/mol. The molecule has 2 aliphatic heterocycles. The second-order valence-electron chi connectivity index (χ2n) is 8.43. The number of nitrogens with zero attached hydrogens (tertiary/aromatic N) is 4. The van der Waals surface area contributed by atoms with E-state index in [2.05, 4.69) is 69.3 Å². The van der Waals surface area contributed by atoms with Crippen molar-refractivity contribution >= 4 is 29.9 Å². The number of benzene rings is 1. The lowest BCUT2D eigenvalue weighted by Gasteiger charge is -2.34. The second kappa shape index (κ2) is 12.0. The Morgan fingerprint density at radius 3 is 2.54 bits per heavy atom. The van der Waals surface area contributed by atoms with Gasteiger partial charge < -0.3 is 20.0 Å². The Hall–Kier alpha value is -0.860. The average Bonchev–Trinajstić information content (AvgIpc) is 3.13. The Bertz CT molecular complexity index is 586. The van der Waals surface area contributed by atoms with Gasteiger partial charge in [0.1, 0.15) is 0 Å². The summed E-state index contributed by atoms with van der Waals surface area (Å²) >= 11 is 0. The summed E-state index contributed by atoms with van der Waals surface area (Å²) in [5.41, 5.74) is 1.45. The van der Waals surface area contributed by atoms with Gasteiger partial charge in [-0.2, -0.15) is 0 Å². The predicted molar refractivity (Wildman–Crippen MR) is 130 cm³/mol. The normalized spacial score (nSPS) is 22.8. The largest absolute Gasteiger partial charge is 0.356 e. The molecule has 0 saturated carbocycles. The van der Waals surface area contributed by atoms with E-state index in [9.17, 15) is 0 Å². The van der Waals surface area contributed by atoms with Crippen molar-refractivity contribution in [2.75, 3.05) is 66.5 Å². The minimum Gasteiger partial charge on any atom is -0.356 e. The third-order valence-corrected chi connectivity index (χ3v) is 5.94. The van der Waals surface area contributed by atoms with Crippen LogP contribution in [-0.2, 0) is 6.42 Å². The monoisotopic (exact) mass is 499 g/mol. The van der Waals surface area contributed by atoms with Gasteiger partial charge in [-0.25, -0.2) is 0 Å². The summed E-state index contributed by atoms with van der Waals surface area (Å²) < 4.78 is 0. The number of guanidine groups is 1. The number of rotatable bonds is 6. The zero-order valence-electron chi connectivity index (χ0n) is 17.8. The molecule has 3 rings (SSSR count). The molecule has 1 N–H and O–H groups in total. The quantitative estimate of drug-likeness (QED) is 0.371. The number of halogens is 1. The fourth-order valence-electron chi connectivity index (χ4n) is 4.27. The van der Waals surface area contributed by atoms with Gasteiger partial charge in [-0.05, 0) is 37.3 Å². The Morgan fingerprint density at radius 2 is 1.86 bits per heavy atom. The molecule has 5 nitrogen and oxygen atoms in total. The van der Waals surface area contributed by atoms with Crippen LogP contribution < -0.4 is 5.32 Å². The van der Waals surface area contributed by atoms with Crippen molar-refractivity contribution in [1.29, 1.82) is 0 Å². The number of likely N-dealkylation sites (N-methyl/N-ethyl adjacent to an activating group) is 1. The van der Waals surface area contributed by atoms with Gasteiger partial charge in [0.15, 0.2) is 5.96 Å². The maximum Gasteiger partial charge on any atom is 0.193 e. The molecule has 6 heteroatoms. The number of hydrogen-bond donors (Lipinski definition) is 1. The van der Waals surface area contributed by atoms with E-state index < -0.39 is 0 Å². The first-order valence-electron chi connectivity index (χ1n) is 10.5. The highest BCUT2D eigenvalue weighted by Crippen LogP contribution is 2.21. The molecule has 0 radical (unpaired) electrons. The number of piperazine rings is 1. The highest BCUT2D eigenvalue weighted by atomic mass is 127. The summed E-state index contributed by atoms with van der Waals surface area (Å²) in [4.78, 5) is 12.0. The first-order chi connectivity index (χ1) is 13.1. The van der Waals surface area contributed by atoms with E-state index in [0.717, 1.165) is 31.5 Å². The van der Waals surface area contributed by atoms with Gasteiger partial charge >= 0.3 is 0 Å². The molecule has 0 bridgehead atoms. The summed E-state index contributed by atoms with van der Waals surface area (Å²) in [6.07, 6.45) is 2.43. The Morgan fingerprint density at radius 1 is 1.14 bits per heavy atom. The van der Waals surface area contributed by atoms with Crippen LogP contribution in [0.5, 0.6) is 0 Å². The third kappa shape index (κ3) is 7.19. The molecule has 0 spiro atoms. The lowest BCUT2D eigenvalue weighted by molar-refractivity contribution is 0.139. The van der Waals surface area contributed by atoms with Crippen LogP contribution in [0.15, 0.2) is 35.3 Å². The van der Waals surface area contributed by atoms with Crippen LogP contribution in [-0.4, -0.2) is 87.1 Å². The average molecular weight is 499 g/mol. The lowest BCUT2D eigenvalue weighted by atomic mass is 9.99. The van der Waals surface area contributed by atoms with Crippen LogP contribution in [0, 0.1) is 11.8 Å². The number of nitrogens with one attached hydrogen (secondary N) is 1. The van der Waals surface area contributed by atoms with E-state index in [0.29, 0.717) is 5.92 Å². The Labute approximate surface area is 188 Å². The van der Waals surface area contributed by atoms with Crippen molar-refractivity contribution in [3.8, 4) is 0 Å². The molecule has 2 saturated heterocycles. The molecule has 28 heavy (non-hydrogen) atoms. The van der Waals surface area contributed by atoms with Gasteiger partial charge in [-0.1, -0.05) is 37.3 Å². The van der Waals surface area contributed by atoms with Crippen LogP contribution in [0.25, 0.3) is 0 Å². The van der Waals surface area contributed by atoms with Crippen molar-refractivity contribution < 1.29 is 0 Å². The van der Waals surface area contributed by atoms with Crippen molar-refractivity contribution in [3.63, 3.8) is 0 Å². The van der Waals surface area contributed by atoms with Crippen LogP contribution in [0.2, 0.25) is 0 Å². The zero-order chi connectivity index (χ0) is 19.1. The number of aliphatic imine (C=N–C) groups is 1. The highest BCUT2D eigenvalue weighted by Gasteiger charge is 2.25. The molecule has 0 aliphatic carbocycles. The third-order valence-electron chi connectivity index (χ3n) is 5.94. The fourth-order valence-corrected chi connectivity index (χ4v) is 4.27. The van der Waals surface area contributed by atoms with Crippen LogP contribution in [0.1, 0.15) is 18.9 Å². The van der Waals surface area contributed by atoms with E-state index in [1.54, 1.807) is 0 Å². The maximum absolute atomic E-state index is 4.55. The Balaban J connectivity index is 0.00000280. The second-order valence-corrected chi connectivity index (χ2v) is 8.43. The van der Waals surface area contributed by atoms with Crippen molar-refractivity contribution in [1.82, 2.24) is 20.0 Å². The van der Waals surface area contributed by atoms with Gasteiger partial charge in [0, 0.05) is 59.4 Å². The van der Waals surface area contributed by atoms with Gasteiger partial charge in [0.25, 0.3) is 0 Å². The SMILES string of the molecule is CN=C(NCC(C)CN1CCN(C)CC1)N1CCC(Cc2ccccc2)C1.I. The van der Waals surface area contributed by atoms with E-state index >= 15 is 0 Å². The van der Waals surface area contributed by atoms with E-state index in [4.69, 9.17) is 0 Å². The molecule has 2 heterocycles. The van der Waals surface area contributed by atoms with Crippen molar-refractivity contribution in [3.05, 3.63) is 35.9 Å². The molecule has 1 aromatic carbocycles. The molecule has 0 amide bonds. The van der Waals surface area contributed by atoms with E-state index in [1.807, 2.05) is 7.05 Å².